The normalized spacial score (nSPS) is 11.7. The van der Waals surface area contributed by atoms with Crippen LogP contribution in [0, 0.1) is 0 Å². The fourth-order valence-electron chi connectivity index (χ4n) is 1.59. The second kappa shape index (κ2) is 5.98. The van der Waals surface area contributed by atoms with E-state index in [9.17, 15) is 8.42 Å². The van der Waals surface area contributed by atoms with Crippen molar-refractivity contribution in [2.24, 2.45) is 5.84 Å². The van der Waals surface area contributed by atoms with Gasteiger partial charge in [-0.3, -0.25) is 10.5 Å². The first-order chi connectivity index (χ1) is 9.49. The molecule has 2 aromatic heterocycles. The van der Waals surface area contributed by atoms with Crippen molar-refractivity contribution >= 4 is 32.8 Å². The van der Waals surface area contributed by atoms with Crippen LogP contribution in [-0.2, 0) is 10.0 Å². The van der Waals surface area contributed by atoms with Crippen LogP contribution in [0.5, 0.6) is 0 Å². The maximum Gasteiger partial charge on any atom is 0.241 e. The van der Waals surface area contributed by atoms with Crippen molar-refractivity contribution in [2.45, 2.75) is 6.42 Å². The van der Waals surface area contributed by atoms with Crippen LogP contribution in [0.4, 0.5) is 11.8 Å². The number of rotatable bonds is 7. The van der Waals surface area contributed by atoms with Gasteiger partial charge < -0.3 is 5.32 Å². The SMILES string of the molecule is CS(=O)(=O)NCCCNc1nc(NN)nc2[nH]ncc12. The van der Waals surface area contributed by atoms with Crippen molar-refractivity contribution in [1.82, 2.24) is 24.9 Å². The van der Waals surface area contributed by atoms with Crippen LogP contribution in [0.15, 0.2) is 6.20 Å². The minimum Gasteiger partial charge on any atom is -0.369 e. The molecule has 20 heavy (non-hydrogen) atoms. The lowest BCUT2D eigenvalue weighted by atomic mass is 10.3. The number of aromatic nitrogens is 4. The van der Waals surface area contributed by atoms with E-state index >= 15 is 0 Å². The number of nitrogen functional groups attached to an aromatic ring is 1. The Labute approximate surface area is 115 Å². The van der Waals surface area contributed by atoms with E-state index < -0.39 is 10.0 Å². The minimum atomic E-state index is -3.15. The molecule has 110 valence electrons. The van der Waals surface area contributed by atoms with Crippen LogP contribution in [0.3, 0.4) is 0 Å². The van der Waals surface area contributed by atoms with Crippen LogP contribution in [0.1, 0.15) is 6.42 Å². The van der Waals surface area contributed by atoms with Gasteiger partial charge in [-0.25, -0.2) is 19.0 Å². The highest BCUT2D eigenvalue weighted by Gasteiger charge is 2.08. The van der Waals surface area contributed by atoms with E-state index in [0.717, 1.165) is 11.6 Å². The van der Waals surface area contributed by atoms with Crippen molar-refractivity contribution in [3.05, 3.63) is 6.20 Å². The Kier molecular flexibility index (Phi) is 4.32. The van der Waals surface area contributed by atoms with E-state index in [0.29, 0.717) is 31.0 Å². The van der Waals surface area contributed by atoms with Gasteiger partial charge in [0.25, 0.3) is 0 Å². The molecule has 11 heteroatoms. The Morgan fingerprint density at radius 3 is 2.85 bits per heavy atom. The van der Waals surface area contributed by atoms with Gasteiger partial charge in [0, 0.05) is 13.1 Å². The van der Waals surface area contributed by atoms with Crippen LogP contribution in [-0.4, -0.2) is 47.9 Å². The van der Waals surface area contributed by atoms with Crippen LogP contribution in [0.25, 0.3) is 11.0 Å². The number of hydrazine groups is 1. The smallest absolute Gasteiger partial charge is 0.241 e. The highest BCUT2D eigenvalue weighted by molar-refractivity contribution is 7.88. The van der Waals surface area contributed by atoms with Gasteiger partial charge in [0.05, 0.1) is 17.8 Å². The van der Waals surface area contributed by atoms with Crippen molar-refractivity contribution in [3.63, 3.8) is 0 Å². The molecule has 0 aliphatic carbocycles. The molecular formula is C9H16N8O2S. The summed E-state index contributed by atoms with van der Waals surface area (Å²) in [5.41, 5.74) is 2.93. The van der Waals surface area contributed by atoms with Gasteiger partial charge in [-0.05, 0) is 6.42 Å². The second-order valence-electron chi connectivity index (χ2n) is 4.12. The van der Waals surface area contributed by atoms with Gasteiger partial charge in [-0.15, -0.1) is 0 Å². The van der Waals surface area contributed by atoms with Crippen LogP contribution < -0.4 is 21.3 Å². The molecule has 2 heterocycles. The summed E-state index contributed by atoms with van der Waals surface area (Å²) in [6.45, 7) is 0.900. The highest BCUT2D eigenvalue weighted by Crippen LogP contribution is 2.19. The van der Waals surface area contributed by atoms with E-state index in [1.807, 2.05) is 0 Å². The number of aromatic amines is 1. The quantitative estimate of drug-likeness (QED) is 0.248. The zero-order valence-corrected chi connectivity index (χ0v) is 11.7. The lowest BCUT2D eigenvalue weighted by Gasteiger charge is -2.08. The molecule has 2 rings (SSSR count). The predicted molar refractivity (Wildman–Crippen MR) is 75.4 cm³/mol. The van der Waals surface area contributed by atoms with Crippen molar-refractivity contribution < 1.29 is 8.42 Å². The molecule has 0 atom stereocenters. The number of hydrogen-bond donors (Lipinski definition) is 5. The molecule has 6 N–H and O–H groups in total. The van der Waals surface area contributed by atoms with E-state index in [1.54, 1.807) is 6.20 Å². The fraction of sp³-hybridized carbons (Fsp3) is 0.444. The summed E-state index contributed by atoms with van der Waals surface area (Å²) < 4.78 is 24.2. The van der Waals surface area contributed by atoms with Gasteiger partial charge in [0.15, 0.2) is 5.65 Å². The first-order valence-corrected chi connectivity index (χ1v) is 7.75. The van der Waals surface area contributed by atoms with Gasteiger partial charge in [0.2, 0.25) is 16.0 Å². The zero-order chi connectivity index (χ0) is 14.6. The van der Waals surface area contributed by atoms with Gasteiger partial charge >= 0.3 is 0 Å². The maximum absolute atomic E-state index is 10.9. The number of fused-ring (bicyclic) bond motifs is 1. The van der Waals surface area contributed by atoms with E-state index in [2.05, 4.69) is 35.6 Å². The largest absolute Gasteiger partial charge is 0.369 e. The molecule has 0 aliphatic heterocycles. The third-order valence-electron chi connectivity index (χ3n) is 2.45. The van der Waals surface area contributed by atoms with Crippen LogP contribution in [0.2, 0.25) is 0 Å². The van der Waals surface area contributed by atoms with E-state index in [1.165, 1.54) is 0 Å². The predicted octanol–water partition coefficient (Wildman–Crippen LogP) is -1.01. The summed E-state index contributed by atoms with van der Waals surface area (Å²) in [5.74, 6) is 6.13. The number of nitrogens with two attached hydrogens (primary N) is 1. The Morgan fingerprint density at radius 2 is 2.15 bits per heavy atom. The number of nitrogens with zero attached hydrogens (tertiary/aromatic N) is 3. The first-order valence-electron chi connectivity index (χ1n) is 5.86. The summed E-state index contributed by atoms with van der Waals surface area (Å²) in [4.78, 5) is 8.28. The Morgan fingerprint density at radius 1 is 1.35 bits per heavy atom. The molecule has 0 radical (unpaired) electrons. The highest BCUT2D eigenvalue weighted by atomic mass is 32.2. The second-order valence-corrected chi connectivity index (χ2v) is 5.95. The molecule has 0 saturated carbocycles. The molecule has 0 aliphatic rings. The molecule has 0 unspecified atom stereocenters. The third-order valence-corrected chi connectivity index (χ3v) is 3.18. The average Bonchev–Trinajstić information content (AvgIpc) is 2.84. The Hall–Kier alpha value is -1.98. The van der Waals surface area contributed by atoms with Crippen LogP contribution >= 0.6 is 0 Å². The molecule has 0 bridgehead atoms. The zero-order valence-electron chi connectivity index (χ0n) is 10.8. The summed E-state index contributed by atoms with van der Waals surface area (Å²) in [6.07, 6.45) is 3.34. The third kappa shape index (κ3) is 3.76. The molecule has 0 spiro atoms. The molecule has 0 aromatic carbocycles. The molecule has 10 nitrogen and oxygen atoms in total. The van der Waals surface area contributed by atoms with Crippen molar-refractivity contribution in [3.8, 4) is 0 Å². The van der Waals surface area contributed by atoms with Gasteiger partial charge in [0.1, 0.15) is 5.82 Å². The van der Waals surface area contributed by atoms with E-state index in [-0.39, 0.29) is 5.95 Å². The van der Waals surface area contributed by atoms with Crippen molar-refractivity contribution in [1.29, 1.82) is 0 Å². The number of hydrogen-bond acceptors (Lipinski definition) is 8. The molecule has 0 saturated heterocycles. The number of sulfonamides is 1. The standard InChI is InChI=1S/C9H16N8O2S/c1-20(18,19)13-4-2-3-11-7-6-5-12-17-8(6)15-9(14-7)16-10/h5,13H,2-4,10H2,1H3,(H3,11,12,14,15,16,17). The Balaban J connectivity index is 1.97. The number of anilines is 2. The summed E-state index contributed by atoms with van der Waals surface area (Å²) >= 11 is 0. The average molecular weight is 300 g/mol. The first kappa shape index (κ1) is 14.4. The summed E-state index contributed by atoms with van der Waals surface area (Å²) in [6, 6.07) is 0. The number of nitrogens with one attached hydrogen (secondary N) is 4. The van der Waals surface area contributed by atoms with Crippen molar-refractivity contribution in [2.75, 3.05) is 30.1 Å². The molecular weight excluding hydrogens is 284 g/mol. The van der Waals surface area contributed by atoms with Gasteiger partial charge in [-0.2, -0.15) is 15.1 Å². The summed E-state index contributed by atoms with van der Waals surface area (Å²) in [5, 5.41) is 10.4. The lowest BCUT2D eigenvalue weighted by Crippen LogP contribution is -2.24. The maximum atomic E-state index is 10.9. The molecule has 0 amide bonds. The molecule has 2 aromatic rings. The monoisotopic (exact) mass is 300 g/mol. The molecule has 0 fully saturated rings. The van der Waals surface area contributed by atoms with E-state index in [4.69, 9.17) is 5.84 Å². The topological polar surface area (TPSA) is 151 Å². The lowest BCUT2D eigenvalue weighted by molar-refractivity contribution is 0.586. The number of H-pyrrole nitrogens is 1. The summed E-state index contributed by atoms with van der Waals surface area (Å²) in [7, 11) is -3.15. The Bertz CT molecular complexity index is 682. The van der Waals surface area contributed by atoms with Gasteiger partial charge in [-0.1, -0.05) is 0 Å². The fourth-order valence-corrected chi connectivity index (χ4v) is 2.10. The minimum absolute atomic E-state index is 0.263.